The third-order valence-corrected chi connectivity index (χ3v) is 5.31. The summed E-state index contributed by atoms with van der Waals surface area (Å²) in [6.45, 7) is 2.13. The van der Waals surface area contributed by atoms with E-state index in [1.165, 1.54) is 0 Å². The first-order valence-corrected chi connectivity index (χ1v) is 9.38. The summed E-state index contributed by atoms with van der Waals surface area (Å²) in [5.41, 5.74) is 0.0532. The number of likely N-dealkylation sites (tertiary alicyclic amines) is 1. The molecule has 1 fully saturated rings. The summed E-state index contributed by atoms with van der Waals surface area (Å²) in [5.74, 6) is -1.09. The van der Waals surface area contributed by atoms with Crippen LogP contribution < -0.4 is 0 Å². The molecule has 1 aliphatic heterocycles. The van der Waals surface area contributed by atoms with E-state index in [0.717, 1.165) is 50.0 Å². The van der Waals surface area contributed by atoms with Gasteiger partial charge in [0.05, 0.1) is 5.56 Å². The monoisotopic (exact) mass is 429 g/mol. The normalized spacial score (nSPS) is 15.8. The van der Waals surface area contributed by atoms with Crippen LogP contribution in [0.15, 0.2) is 42.5 Å². The number of benzene rings is 2. The first kappa shape index (κ1) is 23.4. The second-order valence-electron chi connectivity index (χ2n) is 7.56. The molecule has 0 bridgehead atoms. The van der Waals surface area contributed by atoms with E-state index >= 15 is 0 Å². The van der Waals surface area contributed by atoms with Crippen LogP contribution >= 0.6 is 12.4 Å². The molecule has 0 aromatic heterocycles. The van der Waals surface area contributed by atoms with Crippen LogP contribution in [0.1, 0.15) is 39.9 Å². The molecule has 2 aromatic rings. The van der Waals surface area contributed by atoms with E-state index in [0.29, 0.717) is 17.5 Å². The molecule has 0 unspecified atom stereocenters. The lowest BCUT2D eigenvalue weighted by atomic mass is 9.89. The number of ketones is 1. The van der Waals surface area contributed by atoms with Gasteiger partial charge < -0.3 is 4.90 Å². The lowest BCUT2D eigenvalue weighted by Gasteiger charge is -2.29. The Kier molecular flexibility index (Phi) is 7.83. The van der Waals surface area contributed by atoms with Crippen LogP contribution in [-0.4, -0.2) is 30.8 Å². The van der Waals surface area contributed by atoms with Crippen molar-refractivity contribution in [2.75, 3.05) is 20.1 Å². The topological polar surface area (TPSA) is 20.3 Å². The van der Waals surface area contributed by atoms with E-state index in [9.17, 15) is 22.4 Å². The highest BCUT2D eigenvalue weighted by molar-refractivity contribution is 5.99. The minimum atomic E-state index is -4.77. The summed E-state index contributed by atoms with van der Waals surface area (Å²) in [6.07, 6.45) is -1.78. The first-order valence-electron chi connectivity index (χ1n) is 9.38. The highest BCUT2D eigenvalue weighted by atomic mass is 35.5. The zero-order valence-corrected chi connectivity index (χ0v) is 17.0. The van der Waals surface area contributed by atoms with Crippen molar-refractivity contribution in [3.8, 4) is 0 Å². The molecule has 0 amide bonds. The number of halogens is 5. The van der Waals surface area contributed by atoms with Gasteiger partial charge in [-0.3, -0.25) is 4.79 Å². The van der Waals surface area contributed by atoms with Gasteiger partial charge in [0.15, 0.2) is 5.78 Å². The predicted molar refractivity (Wildman–Crippen MR) is 107 cm³/mol. The average molecular weight is 430 g/mol. The van der Waals surface area contributed by atoms with Gasteiger partial charge in [0.2, 0.25) is 0 Å². The molecule has 7 heteroatoms. The van der Waals surface area contributed by atoms with Crippen molar-refractivity contribution < 1.29 is 22.4 Å². The van der Waals surface area contributed by atoms with E-state index in [-0.39, 0.29) is 18.8 Å². The molecule has 29 heavy (non-hydrogen) atoms. The molecule has 3 rings (SSSR count). The van der Waals surface area contributed by atoms with Gasteiger partial charge in [-0.2, -0.15) is 13.2 Å². The van der Waals surface area contributed by atoms with Crippen LogP contribution in [0.25, 0.3) is 0 Å². The van der Waals surface area contributed by atoms with Crippen LogP contribution in [0, 0.1) is 11.7 Å². The van der Waals surface area contributed by atoms with Crippen molar-refractivity contribution >= 4 is 18.2 Å². The van der Waals surface area contributed by atoms with Crippen molar-refractivity contribution in [2.45, 2.75) is 31.9 Å². The maximum absolute atomic E-state index is 13.3. The Morgan fingerprint density at radius 1 is 1.07 bits per heavy atom. The van der Waals surface area contributed by atoms with Crippen molar-refractivity contribution in [1.82, 2.24) is 4.90 Å². The summed E-state index contributed by atoms with van der Waals surface area (Å²) >= 11 is 0. The average Bonchev–Trinajstić information content (AvgIpc) is 2.63. The van der Waals surface area contributed by atoms with Gasteiger partial charge in [-0.1, -0.05) is 24.3 Å². The van der Waals surface area contributed by atoms with E-state index in [4.69, 9.17) is 0 Å². The zero-order valence-electron chi connectivity index (χ0n) is 16.1. The van der Waals surface area contributed by atoms with E-state index in [2.05, 4.69) is 11.9 Å². The minimum absolute atomic E-state index is 0. The van der Waals surface area contributed by atoms with Gasteiger partial charge in [-0.05, 0) is 74.6 Å². The largest absolute Gasteiger partial charge is 0.417 e. The second-order valence-corrected chi connectivity index (χ2v) is 7.56. The molecule has 0 aliphatic carbocycles. The maximum Gasteiger partial charge on any atom is 0.417 e. The Labute approximate surface area is 174 Å². The molecule has 0 atom stereocenters. The molecule has 1 aliphatic rings. The summed E-state index contributed by atoms with van der Waals surface area (Å²) in [5, 5.41) is 0. The number of rotatable bonds is 5. The van der Waals surface area contributed by atoms with Crippen molar-refractivity contribution in [3.05, 3.63) is 70.5 Å². The molecule has 2 nitrogen and oxygen atoms in total. The quantitative estimate of drug-likeness (QED) is 0.457. The van der Waals surface area contributed by atoms with E-state index in [1.807, 2.05) is 18.2 Å². The van der Waals surface area contributed by atoms with Crippen LogP contribution in [0.3, 0.4) is 0 Å². The molecule has 158 valence electrons. The number of hydrogen-bond acceptors (Lipinski definition) is 2. The number of Topliss-reactive ketones (excluding diaryl/α,β-unsaturated/α-hetero) is 1. The number of hydrogen-bond donors (Lipinski definition) is 0. The molecule has 0 saturated carbocycles. The minimum Gasteiger partial charge on any atom is -0.306 e. The van der Waals surface area contributed by atoms with Gasteiger partial charge in [-0.25, -0.2) is 4.39 Å². The molecule has 0 spiro atoms. The number of nitrogens with zero attached hydrogens (tertiary/aromatic N) is 1. The second kappa shape index (κ2) is 9.72. The summed E-state index contributed by atoms with van der Waals surface area (Å²) in [7, 11) is 2.10. The first-order chi connectivity index (χ1) is 13.2. The lowest BCUT2D eigenvalue weighted by molar-refractivity contribution is -0.138. The van der Waals surface area contributed by atoms with Crippen LogP contribution in [0.2, 0.25) is 0 Å². The Morgan fingerprint density at radius 2 is 1.72 bits per heavy atom. The molecule has 0 radical (unpaired) electrons. The van der Waals surface area contributed by atoms with Gasteiger partial charge in [0, 0.05) is 12.0 Å². The van der Waals surface area contributed by atoms with Gasteiger partial charge in [0.1, 0.15) is 5.82 Å². The number of carbonyl (C=O) groups excluding carboxylic acids is 1. The molecule has 0 N–H and O–H groups in total. The Morgan fingerprint density at radius 3 is 2.38 bits per heavy atom. The highest BCUT2D eigenvalue weighted by Gasteiger charge is 2.35. The van der Waals surface area contributed by atoms with Crippen molar-refractivity contribution in [3.63, 3.8) is 0 Å². The number of carbonyl (C=O) groups is 1. The van der Waals surface area contributed by atoms with E-state index in [1.54, 1.807) is 6.07 Å². The molecule has 1 saturated heterocycles. The van der Waals surface area contributed by atoms with Crippen molar-refractivity contribution in [1.29, 1.82) is 0 Å². The fraction of sp³-hybridized carbons (Fsp3) is 0.409. The number of piperidine rings is 1. The lowest BCUT2D eigenvalue weighted by Crippen LogP contribution is -2.30. The van der Waals surface area contributed by atoms with Gasteiger partial charge >= 0.3 is 6.18 Å². The Hall–Kier alpha value is -1.92. The fourth-order valence-electron chi connectivity index (χ4n) is 3.74. The summed E-state index contributed by atoms with van der Waals surface area (Å²) < 4.78 is 52.7. The van der Waals surface area contributed by atoms with Crippen LogP contribution in [0.4, 0.5) is 17.6 Å². The molecular weight excluding hydrogens is 406 g/mol. The maximum atomic E-state index is 13.3. The molecule has 2 aromatic carbocycles. The molecular formula is C22H24ClF4NO. The van der Waals surface area contributed by atoms with E-state index < -0.39 is 28.9 Å². The SMILES string of the molecule is CN1CCC(Cc2cccc(CC(=O)c3ccc(F)cc3C(F)(F)F)c2)CC1.Cl. The molecule has 1 heterocycles. The third-order valence-electron chi connectivity index (χ3n) is 5.31. The smallest absolute Gasteiger partial charge is 0.306 e. The Balaban J connectivity index is 0.00000300. The van der Waals surface area contributed by atoms with Crippen LogP contribution in [0.5, 0.6) is 0 Å². The number of alkyl halides is 3. The van der Waals surface area contributed by atoms with Crippen molar-refractivity contribution in [2.24, 2.45) is 5.92 Å². The van der Waals surface area contributed by atoms with Gasteiger partial charge in [-0.15, -0.1) is 12.4 Å². The Bertz CT molecular complexity index is 845. The highest BCUT2D eigenvalue weighted by Crippen LogP contribution is 2.33. The van der Waals surface area contributed by atoms with Gasteiger partial charge in [0.25, 0.3) is 0 Å². The summed E-state index contributed by atoms with van der Waals surface area (Å²) in [6, 6.07) is 9.65. The zero-order chi connectivity index (χ0) is 20.3. The fourth-order valence-corrected chi connectivity index (χ4v) is 3.74. The third kappa shape index (κ3) is 6.28. The standard InChI is InChI=1S/C22H23F4NO.ClH/c1-27-9-7-15(8-10-27)11-16-3-2-4-17(12-16)13-21(28)19-6-5-18(23)14-20(19)22(24,25)26;/h2-6,12,14-15H,7-11,13H2,1H3;1H. The van der Waals surface area contributed by atoms with Crippen LogP contribution in [-0.2, 0) is 19.0 Å². The summed E-state index contributed by atoms with van der Waals surface area (Å²) in [4.78, 5) is 14.8. The predicted octanol–water partition coefficient (Wildman–Crippen LogP) is 5.58.